The number of rotatable bonds is 3. The summed E-state index contributed by atoms with van der Waals surface area (Å²) >= 11 is 0. The summed E-state index contributed by atoms with van der Waals surface area (Å²) in [5.74, 6) is -1.58. The maximum atomic E-state index is 13.1. The highest BCUT2D eigenvalue weighted by atomic mass is 127. The second-order valence-electron chi connectivity index (χ2n) is 4.01. The number of esters is 1. The molecule has 0 saturated carbocycles. The van der Waals surface area contributed by atoms with Crippen LogP contribution in [0.1, 0.15) is 19.6 Å². The summed E-state index contributed by atoms with van der Waals surface area (Å²) in [6.07, 6.45) is 4.27. The van der Waals surface area contributed by atoms with Crippen molar-refractivity contribution in [2.45, 2.75) is 19.6 Å². The predicted molar refractivity (Wildman–Crippen MR) is 67.6 cm³/mol. The van der Waals surface area contributed by atoms with Crippen molar-refractivity contribution in [2.75, 3.05) is 0 Å². The van der Waals surface area contributed by atoms with Gasteiger partial charge in [-0.15, -0.1) is 0 Å². The molecule has 0 amide bonds. The van der Waals surface area contributed by atoms with Gasteiger partial charge in [-0.25, -0.2) is 14.4 Å². The van der Waals surface area contributed by atoms with Crippen molar-refractivity contribution in [1.29, 1.82) is 0 Å². The molecule has 112 valence electrons. The Kier molecular flexibility index (Phi) is 5.88. The Morgan fingerprint density at radius 2 is 2.29 bits per heavy atom. The van der Waals surface area contributed by atoms with E-state index in [1.165, 1.54) is 19.3 Å². The molecule has 1 N–H and O–H groups in total. The van der Waals surface area contributed by atoms with Crippen molar-refractivity contribution in [2.24, 2.45) is 4.99 Å². The van der Waals surface area contributed by atoms with Gasteiger partial charge in [-0.05, 0) is 13.0 Å². The Morgan fingerprint density at radius 1 is 1.57 bits per heavy atom. The maximum Gasteiger partial charge on any atom is 0.508 e. The second kappa shape index (κ2) is 7.20. The third kappa shape index (κ3) is 3.80. The van der Waals surface area contributed by atoms with E-state index in [4.69, 9.17) is 4.74 Å². The van der Waals surface area contributed by atoms with Gasteiger partial charge in [0.25, 0.3) is 11.5 Å². The molecule has 2 heterocycles. The highest BCUT2D eigenvalue weighted by molar-refractivity contribution is 6.05. The van der Waals surface area contributed by atoms with Crippen LogP contribution in [-0.4, -0.2) is 21.7 Å². The molecule has 7 nitrogen and oxygen atoms in total. The van der Waals surface area contributed by atoms with E-state index in [0.717, 1.165) is 0 Å². The first-order valence-electron chi connectivity index (χ1n) is 5.75. The molecule has 1 aliphatic heterocycles. The minimum atomic E-state index is -1.23. The molecule has 0 aromatic carbocycles. The molecule has 0 bridgehead atoms. The highest BCUT2D eigenvalue weighted by Gasteiger charge is 2.34. The summed E-state index contributed by atoms with van der Waals surface area (Å²) in [6.45, 7) is 1.30. The normalized spacial score (nSPS) is 14.5. The Bertz CT molecular complexity index is 694. The molecule has 0 saturated heterocycles. The van der Waals surface area contributed by atoms with Gasteiger partial charge >= 0.3 is 11.7 Å². The molecule has 21 heavy (non-hydrogen) atoms. The van der Waals surface area contributed by atoms with E-state index in [0.29, 0.717) is 17.2 Å². The number of halogens is 2. The first kappa shape index (κ1) is 17.1. The van der Waals surface area contributed by atoms with Crippen LogP contribution < -0.4 is 35.2 Å². The Labute approximate surface area is 135 Å². The quantitative estimate of drug-likeness (QED) is 0.336. The Hall–Kier alpha value is -1.91. The maximum absolute atomic E-state index is 13.1. The zero-order valence-electron chi connectivity index (χ0n) is 10.9. The SMILES string of the molecule is CC(OC(=O)[C+]1C=NC=CC1)n1c(=O)[nH]cc(F)c1=O.[I-]. The Balaban J connectivity index is 0.00000220. The molecule has 2 rings (SSSR count). The number of aliphatic imine (C=N–C) groups is 1. The molecule has 0 fully saturated rings. The minimum absolute atomic E-state index is 0. The van der Waals surface area contributed by atoms with E-state index in [9.17, 15) is 18.8 Å². The molecule has 0 spiro atoms. The topological polar surface area (TPSA) is 93.5 Å². The van der Waals surface area contributed by atoms with Gasteiger partial charge in [0.2, 0.25) is 12.0 Å². The van der Waals surface area contributed by atoms with E-state index in [2.05, 4.69) is 4.99 Å². The highest BCUT2D eigenvalue weighted by Crippen LogP contribution is 2.14. The van der Waals surface area contributed by atoms with Crippen molar-refractivity contribution < 1.29 is 37.9 Å². The first-order valence-corrected chi connectivity index (χ1v) is 5.75. The summed E-state index contributed by atoms with van der Waals surface area (Å²) in [4.78, 5) is 40.6. The number of carbonyl (C=O) groups is 1. The number of ether oxygens (including phenoxy) is 1. The minimum Gasteiger partial charge on any atom is -1.00 e. The van der Waals surface area contributed by atoms with Crippen LogP contribution >= 0.6 is 0 Å². The monoisotopic (exact) mass is 407 g/mol. The van der Waals surface area contributed by atoms with Crippen LogP contribution in [0.25, 0.3) is 0 Å². The fraction of sp³-hybridized carbons (Fsp3) is 0.250. The molecular weight excluding hydrogens is 396 g/mol. The first-order chi connectivity index (χ1) is 9.50. The number of nitrogens with one attached hydrogen (secondary N) is 1. The van der Waals surface area contributed by atoms with E-state index in [1.807, 2.05) is 4.98 Å². The molecule has 1 unspecified atom stereocenters. The lowest BCUT2D eigenvalue weighted by Crippen LogP contribution is -3.00. The van der Waals surface area contributed by atoms with Crippen LogP contribution in [-0.2, 0) is 9.53 Å². The van der Waals surface area contributed by atoms with Gasteiger partial charge in [0.15, 0.2) is 6.23 Å². The molecule has 0 aliphatic carbocycles. The summed E-state index contributed by atoms with van der Waals surface area (Å²) in [5, 5.41) is 0. The number of hydrogen-bond acceptors (Lipinski definition) is 5. The number of allylic oxidation sites excluding steroid dienone is 1. The zero-order valence-corrected chi connectivity index (χ0v) is 13.0. The molecule has 9 heteroatoms. The molecule has 1 aromatic rings. The van der Waals surface area contributed by atoms with Gasteiger partial charge < -0.3 is 33.7 Å². The third-order valence-electron chi connectivity index (χ3n) is 2.63. The van der Waals surface area contributed by atoms with E-state index >= 15 is 0 Å². The van der Waals surface area contributed by atoms with Crippen LogP contribution in [0.5, 0.6) is 0 Å². The molecule has 1 atom stereocenters. The van der Waals surface area contributed by atoms with Crippen molar-refractivity contribution in [3.8, 4) is 0 Å². The van der Waals surface area contributed by atoms with Gasteiger partial charge in [-0.3, -0.25) is 4.79 Å². The molecular formula is C12H11FIN3O4. The predicted octanol–water partition coefficient (Wildman–Crippen LogP) is -2.70. The van der Waals surface area contributed by atoms with Crippen LogP contribution in [0.2, 0.25) is 0 Å². The zero-order chi connectivity index (χ0) is 14.7. The fourth-order valence-electron chi connectivity index (χ4n) is 1.64. The van der Waals surface area contributed by atoms with E-state index in [-0.39, 0.29) is 29.9 Å². The van der Waals surface area contributed by atoms with E-state index in [1.54, 1.807) is 6.08 Å². The fourth-order valence-corrected chi connectivity index (χ4v) is 1.64. The molecule has 1 aliphatic rings. The lowest BCUT2D eigenvalue weighted by Gasteiger charge is -2.13. The summed E-state index contributed by atoms with van der Waals surface area (Å²) in [7, 11) is 0. The van der Waals surface area contributed by atoms with Gasteiger partial charge in [0.05, 0.1) is 0 Å². The molecule has 0 radical (unpaired) electrons. The van der Waals surface area contributed by atoms with Crippen LogP contribution in [0.4, 0.5) is 4.39 Å². The van der Waals surface area contributed by atoms with Gasteiger partial charge in [0.1, 0.15) is 6.42 Å². The van der Waals surface area contributed by atoms with Gasteiger partial charge in [-0.2, -0.15) is 9.18 Å². The average molecular weight is 407 g/mol. The van der Waals surface area contributed by atoms with Gasteiger partial charge in [-0.1, -0.05) is 0 Å². The number of aromatic nitrogens is 2. The number of H-pyrrole nitrogens is 1. The number of carbonyl (C=O) groups excluding carboxylic acids is 1. The third-order valence-corrected chi connectivity index (χ3v) is 2.63. The number of hydrogen-bond donors (Lipinski definition) is 1. The standard InChI is InChI=1S/C12H10FN3O4.HI/c1-7(16-10(17)9(13)6-15-12(16)19)20-11(18)8-3-2-4-14-5-8;/h2,4-7H,3H2,1H3;1H. The Morgan fingerprint density at radius 3 is 2.90 bits per heavy atom. The number of aromatic amines is 1. The van der Waals surface area contributed by atoms with Crippen molar-refractivity contribution in [3.63, 3.8) is 0 Å². The lowest BCUT2D eigenvalue weighted by atomic mass is 10.1. The number of nitrogens with zero attached hydrogens (tertiary/aromatic N) is 2. The van der Waals surface area contributed by atoms with E-state index < -0.39 is 29.3 Å². The second-order valence-corrected chi connectivity index (χ2v) is 4.01. The van der Waals surface area contributed by atoms with Crippen molar-refractivity contribution in [1.82, 2.24) is 9.55 Å². The lowest BCUT2D eigenvalue weighted by molar-refractivity contribution is -0.149. The summed E-state index contributed by atoms with van der Waals surface area (Å²) < 4.78 is 18.6. The van der Waals surface area contributed by atoms with Crippen molar-refractivity contribution in [3.05, 3.63) is 51.0 Å². The van der Waals surface area contributed by atoms with Crippen LogP contribution in [0.3, 0.4) is 0 Å². The van der Waals surface area contributed by atoms with Crippen molar-refractivity contribution >= 4 is 12.2 Å². The summed E-state index contributed by atoms with van der Waals surface area (Å²) in [5.41, 5.74) is -2.02. The average Bonchev–Trinajstić information content (AvgIpc) is 2.44. The molecule has 1 aromatic heterocycles. The van der Waals surface area contributed by atoms with Crippen LogP contribution in [0.15, 0.2) is 33.1 Å². The largest absolute Gasteiger partial charge is 1.00 e. The smallest absolute Gasteiger partial charge is 0.508 e. The van der Waals surface area contributed by atoms with Gasteiger partial charge in [0, 0.05) is 12.4 Å². The van der Waals surface area contributed by atoms with Crippen LogP contribution in [0, 0.1) is 11.7 Å². The summed E-state index contributed by atoms with van der Waals surface area (Å²) in [6, 6.07) is 0.